The van der Waals surface area contributed by atoms with Crippen LogP contribution >= 0.6 is 0 Å². The van der Waals surface area contributed by atoms with Crippen molar-refractivity contribution >= 4 is 0 Å². The van der Waals surface area contributed by atoms with Gasteiger partial charge in [-0.1, -0.05) is 11.8 Å². The Labute approximate surface area is 83.6 Å². The minimum atomic E-state index is -0.723. The monoisotopic (exact) mass is 192 g/mol. The first-order valence-corrected chi connectivity index (χ1v) is 4.68. The molecule has 0 spiro atoms. The van der Waals surface area contributed by atoms with Gasteiger partial charge in [-0.2, -0.15) is 10.2 Å². The van der Waals surface area contributed by atoms with Crippen molar-refractivity contribution in [3.05, 3.63) is 24.0 Å². The third-order valence-electron chi connectivity index (χ3n) is 1.72. The van der Waals surface area contributed by atoms with Crippen molar-refractivity contribution in [3.63, 3.8) is 0 Å². The van der Waals surface area contributed by atoms with E-state index in [1.165, 1.54) is 0 Å². The Hall–Kier alpha value is -1.43. The molecular formula is C11H13FN2. The third kappa shape index (κ3) is 4.56. The van der Waals surface area contributed by atoms with Crippen molar-refractivity contribution < 1.29 is 4.39 Å². The van der Waals surface area contributed by atoms with Gasteiger partial charge in [-0.25, -0.2) is 4.39 Å². The van der Waals surface area contributed by atoms with Gasteiger partial charge in [0.1, 0.15) is 0 Å². The Kier molecular flexibility index (Phi) is 4.63. The predicted octanol–water partition coefficient (Wildman–Crippen LogP) is 2.36. The zero-order valence-electron chi connectivity index (χ0n) is 8.20. The van der Waals surface area contributed by atoms with Gasteiger partial charge < -0.3 is 0 Å². The molecule has 0 amide bonds. The van der Waals surface area contributed by atoms with Crippen molar-refractivity contribution in [1.29, 1.82) is 0 Å². The smallest absolute Gasteiger partial charge is 0.0973 e. The summed E-state index contributed by atoms with van der Waals surface area (Å²) in [5, 5.41) is 7.34. The SMILES string of the molecule is CC(F)CCCC#Cc1ccnnc1. The van der Waals surface area contributed by atoms with Gasteiger partial charge in [-0.05, 0) is 25.8 Å². The molecule has 0 N–H and O–H groups in total. The van der Waals surface area contributed by atoms with Crippen LogP contribution in [0.15, 0.2) is 18.5 Å². The van der Waals surface area contributed by atoms with Crippen molar-refractivity contribution in [1.82, 2.24) is 10.2 Å². The van der Waals surface area contributed by atoms with E-state index >= 15 is 0 Å². The van der Waals surface area contributed by atoms with Crippen LogP contribution in [0, 0.1) is 11.8 Å². The molecule has 3 heteroatoms. The fourth-order valence-corrected chi connectivity index (χ4v) is 1.00. The zero-order chi connectivity index (χ0) is 10.2. The lowest BCUT2D eigenvalue weighted by molar-refractivity contribution is 0.336. The number of nitrogens with zero attached hydrogens (tertiary/aromatic N) is 2. The molecule has 0 aliphatic heterocycles. The highest BCUT2D eigenvalue weighted by Crippen LogP contribution is 2.02. The summed E-state index contributed by atoms with van der Waals surface area (Å²) in [5.41, 5.74) is 0.855. The van der Waals surface area contributed by atoms with E-state index in [1.807, 2.05) is 0 Å². The molecule has 0 aromatic carbocycles. The minimum Gasteiger partial charge on any atom is -0.248 e. The van der Waals surface area contributed by atoms with E-state index in [0.717, 1.165) is 18.4 Å². The van der Waals surface area contributed by atoms with Crippen LogP contribution in [0.25, 0.3) is 0 Å². The molecule has 1 unspecified atom stereocenters. The highest BCUT2D eigenvalue weighted by Gasteiger charge is 1.94. The highest BCUT2D eigenvalue weighted by molar-refractivity contribution is 5.29. The molecule has 0 fully saturated rings. The van der Waals surface area contributed by atoms with E-state index in [4.69, 9.17) is 0 Å². The maximum Gasteiger partial charge on any atom is 0.0973 e. The molecule has 0 bridgehead atoms. The van der Waals surface area contributed by atoms with Gasteiger partial charge in [0.15, 0.2) is 0 Å². The maximum absolute atomic E-state index is 12.4. The lowest BCUT2D eigenvalue weighted by atomic mass is 10.2. The standard InChI is InChI=1S/C11H13FN2/c1-10(12)5-3-2-4-6-11-7-8-13-14-9-11/h7-10H,2-3,5H2,1H3. The Morgan fingerprint density at radius 3 is 3.00 bits per heavy atom. The molecule has 0 aliphatic carbocycles. The van der Waals surface area contributed by atoms with E-state index in [9.17, 15) is 4.39 Å². The second kappa shape index (κ2) is 6.09. The Bertz CT molecular complexity index is 311. The quantitative estimate of drug-likeness (QED) is 0.542. The van der Waals surface area contributed by atoms with Crippen molar-refractivity contribution in [3.8, 4) is 11.8 Å². The first kappa shape index (κ1) is 10.6. The molecule has 1 heterocycles. The van der Waals surface area contributed by atoms with E-state index < -0.39 is 6.17 Å². The number of halogens is 1. The van der Waals surface area contributed by atoms with Crippen LogP contribution in [0.2, 0.25) is 0 Å². The van der Waals surface area contributed by atoms with Gasteiger partial charge in [0.25, 0.3) is 0 Å². The van der Waals surface area contributed by atoms with E-state index in [-0.39, 0.29) is 0 Å². The summed E-state index contributed by atoms with van der Waals surface area (Å²) in [6, 6.07) is 1.80. The van der Waals surface area contributed by atoms with Crippen LogP contribution in [0.1, 0.15) is 31.7 Å². The molecule has 1 aromatic heterocycles. The molecule has 74 valence electrons. The Balaban J connectivity index is 2.28. The molecule has 0 radical (unpaired) electrons. The lowest BCUT2D eigenvalue weighted by Crippen LogP contribution is -1.90. The molecule has 14 heavy (non-hydrogen) atoms. The molecule has 1 aromatic rings. The average molecular weight is 192 g/mol. The van der Waals surface area contributed by atoms with Gasteiger partial charge in [0.05, 0.1) is 18.6 Å². The summed E-state index contributed by atoms with van der Waals surface area (Å²) in [5.74, 6) is 5.92. The van der Waals surface area contributed by atoms with E-state index in [1.54, 1.807) is 25.4 Å². The molecule has 1 atom stereocenters. The number of rotatable bonds is 3. The summed E-state index contributed by atoms with van der Waals surface area (Å²) in [4.78, 5) is 0. The summed E-state index contributed by atoms with van der Waals surface area (Å²) in [6.07, 6.45) is 4.63. The van der Waals surface area contributed by atoms with Crippen LogP contribution in [-0.4, -0.2) is 16.4 Å². The first-order valence-electron chi connectivity index (χ1n) is 4.68. The molecule has 0 saturated heterocycles. The molecule has 0 aliphatic rings. The van der Waals surface area contributed by atoms with Gasteiger partial charge in [-0.15, -0.1) is 0 Å². The Morgan fingerprint density at radius 2 is 2.36 bits per heavy atom. The zero-order valence-corrected chi connectivity index (χ0v) is 8.20. The maximum atomic E-state index is 12.4. The number of aromatic nitrogens is 2. The number of unbranched alkanes of at least 4 members (excludes halogenated alkanes) is 1. The summed E-state index contributed by atoms with van der Waals surface area (Å²) in [7, 11) is 0. The second-order valence-electron chi connectivity index (χ2n) is 3.11. The van der Waals surface area contributed by atoms with Crippen LogP contribution in [-0.2, 0) is 0 Å². The van der Waals surface area contributed by atoms with Crippen LogP contribution in [0.5, 0.6) is 0 Å². The fraction of sp³-hybridized carbons (Fsp3) is 0.455. The summed E-state index contributed by atoms with van der Waals surface area (Å²) < 4.78 is 12.4. The van der Waals surface area contributed by atoms with Crippen molar-refractivity contribution in [2.45, 2.75) is 32.4 Å². The predicted molar refractivity (Wildman–Crippen MR) is 53.3 cm³/mol. The van der Waals surface area contributed by atoms with Gasteiger partial charge in [0, 0.05) is 12.0 Å². The van der Waals surface area contributed by atoms with Crippen molar-refractivity contribution in [2.75, 3.05) is 0 Å². The lowest BCUT2D eigenvalue weighted by Gasteiger charge is -1.95. The molecule has 1 rings (SSSR count). The number of hydrogen-bond donors (Lipinski definition) is 0. The average Bonchev–Trinajstić information content (AvgIpc) is 2.18. The highest BCUT2D eigenvalue weighted by atomic mass is 19.1. The van der Waals surface area contributed by atoms with Gasteiger partial charge in [-0.3, -0.25) is 0 Å². The topological polar surface area (TPSA) is 25.8 Å². The third-order valence-corrected chi connectivity index (χ3v) is 1.72. The normalized spacial score (nSPS) is 11.6. The minimum absolute atomic E-state index is 0.587. The van der Waals surface area contributed by atoms with Crippen LogP contribution in [0.3, 0.4) is 0 Å². The fourth-order valence-electron chi connectivity index (χ4n) is 1.00. The number of hydrogen-bond acceptors (Lipinski definition) is 2. The summed E-state index contributed by atoms with van der Waals surface area (Å²) in [6.45, 7) is 1.57. The molecular weight excluding hydrogens is 179 g/mol. The first-order chi connectivity index (χ1) is 6.79. The van der Waals surface area contributed by atoms with Gasteiger partial charge in [0.2, 0.25) is 0 Å². The van der Waals surface area contributed by atoms with Crippen LogP contribution in [0.4, 0.5) is 4.39 Å². The van der Waals surface area contributed by atoms with E-state index in [0.29, 0.717) is 6.42 Å². The second-order valence-corrected chi connectivity index (χ2v) is 3.11. The summed E-state index contributed by atoms with van der Waals surface area (Å²) >= 11 is 0. The van der Waals surface area contributed by atoms with Crippen LogP contribution < -0.4 is 0 Å². The largest absolute Gasteiger partial charge is 0.248 e. The number of alkyl halides is 1. The molecule has 0 saturated carbocycles. The van der Waals surface area contributed by atoms with E-state index in [2.05, 4.69) is 22.0 Å². The van der Waals surface area contributed by atoms with Gasteiger partial charge >= 0.3 is 0 Å². The Morgan fingerprint density at radius 1 is 1.50 bits per heavy atom. The molecule has 2 nitrogen and oxygen atoms in total. The van der Waals surface area contributed by atoms with Crippen molar-refractivity contribution in [2.24, 2.45) is 0 Å².